The molecule has 0 aromatic carbocycles. The molecule has 0 saturated heterocycles. The molecule has 3 rings (SSSR count). The van der Waals surface area contributed by atoms with Gasteiger partial charge in [-0.1, -0.05) is 0 Å². The molecule has 0 aliphatic carbocycles. The van der Waals surface area contributed by atoms with Crippen molar-refractivity contribution in [1.82, 2.24) is 19.7 Å². The molecule has 3 aromatic rings. The number of hydrogen-bond donors (Lipinski definition) is 2. The predicted molar refractivity (Wildman–Crippen MR) is 106 cm³/mol. The topological polar surface area (TPSA) is 107 Å². The van der Waals surface area contributed by atoms with E-state index in [0.29, 0.717) is 17.9 Å². The highest BCUT2D eigenvalue weighted by atomic mass is 32.1. The summed E-state index contributed by atoms with van der Waals surface area (Å²) in [5, 5.41) is 24.8. The van der Waals surface area contributed by atoms with Crippen LogP contribution in [0.15, 0.2) is 24.4 Å². The number of aliphatic carboxylic acids is 1. The molecule has 0 bridgehead atoms. The van der Waals surface area contributed by atoms with Crippen LogP contribution in [-0.4, -0.2) is 51.0 Å². The number of nitrogens with zero attached hydrogens (tertiary/aromatic N) is 5. The van der Waals surface area contributed by atoms with Crippen LogP contribution in [0, 0.1) is 11.3 Å². The van der Waals surface area contributed by atoms with Crippen LogP contribution < -0.4 is 5.32 Å². The number of thiophene rings is 1. The standard InChI is InChI=1S/C16H18N6S.C2HF3O2/c1-21(2)10-14-5-4-13(23-14)9-18-15-11(7-17)6-12-8-19-22(3)16(12)20-15;3-2(4,5)1(6)7/h4-6,8H,9-10H2,1-3H3,(H,18,20);(H,6,7). The Hall–Kier alpha value is -3.17. The molecule has 2 N–H and O–H groups in total. The van der Waals surface area contributed by atoms with Gasteiger partial charge in [0.15, 0.2) is 5.65 Å². The van der Waals surface area contributed by atoms with Crippen LogP contribution in [0.25, 0.3) is 11.0 Å². The zero-order chi connectivity index (χ0) is 22.5. The second-order valence-electron chi connectivity index (χ2n) is 6.44. The Bertz CT molecular complexity index is 1070. The third-order valence-electron chi connectivity index (χ3n) is 3.69. The summed E-state index contributed by atoms with van der Waals surface area (Å²) in [6, 6.07) is 8.28. The van der Waals surface area contributed by atoms with Gasteiger partial charge in [-0.2, -0.15) is 23.5 Å². The largest absolute Gasteiger partial charge is 0.490 e. The van der Waals surface area contributed by atoms with Crippen molar-refractivity contribution in [2.45, 2.75) is 19.3 Å². The van der Waals surface area contributed by atoms with Crippen LogP contribution in [0.2, 0.25) is 0 Å². The monoisotopic (exact) mass is 440 g/mol. The van der Waals surface area contributed by atoms with E-state index in [1.807, 2.05) is 13.1 Å². The number of anilines is 1. The molecule has 0 amide bonds. The van der Waals surface area contributed by atoms with Gasteiger partial charge in [-0.05, 0) is 32.3 Å². The number of carbonyl (C=O) groups is 1. The molecule has 12 heteroatoms. The molecular weight excluding hydrogens is 421 g/mol. The Morgan fingerprint density at radius 2 is 2.00 bits per heavy atom. The van der Waals surface area contributed by atoms with E-state index >= 15 is 0 Å². The van der Waals surface area contributed by atoms with Crippen molar-refractivity contribution in [2.24, 2.45) is 7.05 Å². The van der Waals surface area contributed by atoms with Gasteiger partial charge in [-0.15, -0.1) is 11.3 Å². The van der Waals surface area contributed by atoms with Gasteiger partial charge < -0.3 is 15.3 Å². The number of fused-ring (bicyclic) bond motifs is 1. The maximum atomic E-state index is 10.6. The number of nitrogens with one attached hydrogen (secondary N) is 1. The number of halogens is 3. The molecule has 0 atom stereocenters. The number of nitriles is 1. The molecule has 0 radical (unpaired) electrons. The third kappa shape index (κ3) is 6.16. The Balaban J connectivity index is 0.000000396. The molecular formula is C18H19F3N6O2S. The molecule has 3 aromatic heterocycles. The minimum atomic E-state index is -5.08. The quantitative estimate of drug-likeness (QED) is 0.627. The normalized spacial score (nSPS) is 11.1. The summed E-state index contributed by atoms with van der Waals surface area (Å²) < 4.78 is 33.4. The number of alkyl halides is 3. The van der Waals surface area contributed by atoms with Crippen LogP contribution in [0.5, 0.6) is 0 Å². The van der Waals surface area contributed by atoms with Crippen LogP contribution in [0.3, 0.4) is 0 Å². The van der Waals surface area contributed by atoms with E-state index in [2.05, 4.69) is 52.6 Å². The van der Waals surface area contributed by atoms with E-state index in [1.54, 1.807) is 22.2 Å². The minimum Gasteiger partial charge on any atom is -0.475 e. The summed E-state index contributed by atoms with van der Waals surface area (Å²) in [5.41, 5.74) is 1.31. The molecule has 0 aliphatic heterocycles. The molecule has 0 saturated carbocycles. The van der Waals surface area contributed by atoms with Gasteiger partial charge in [0.25, 0.3) is 0 Å². The fraction of sp³-hybridized carbons (Fsp3) is 0.333. The van der Waals surface area contributed by atoms with Gasteiger partial charge in [0, 0.05) is 28.7 Å². The van der Waals surface area contributed by atoms with Crippen molar-refractivity contribution in [3.8, 4) is 6.07 Å². The molecule has 0 unspecified atom stereocenters. The lowest BCUT2D eigenvalue weighted by Crippen LogP contribution is -2.21. The van der Waals surface area contributed by atoms with Gasteiger partial charge in [-0.25, -0.2) is 9.78 Å². The number of pyridine rings is 1. The van der Waals surface area contributed by atoms with E-state index in [-0.39, 0.29) is 0 Å². The van der Waals surface area contributed by atoms with Crippen LogP contribution in [-0.2, 0) is 24.9 Å². The fourth-order valence-electron chi connectivity index (χ4n) is 2.38. The Morgan fingerprint density at radius 1 is 1.37 bits per heavy atom. The maximum absolute atomic E-state index is 10.6. The van der Waals surface area contributed by atoms with Gasteiger partial charge in [0.2, 0.25) is 0 Å². The lowest BCUT2D eigenvalue weighted by molar-refractivity contribution is -0.192. The third-order valence-corrected chi connectivity index (χ3v) is 4.76. The molecule has 3 heterocycles. The number of carboxylic acids is 1. The first-order valence-electron chi connectivity index (χ1n) is 8.50. The van der Waals surface area contributed by atoms with Crippen molar-refractivity contribution in [1.29, 1.82) is 5.26 Å². The molecule has 30 heavy (non-hydrogen) atoms. The molecule has 0 fully saturated rings. The number of rotatable bonds is 5. The Kier molecular flexibility index (Phi) is 7.36. The second-order valence-corrected chi connectivity index (χ2v) is 7.69. The highest BCUT2D eigenvalue weighted by Gasteiger charge is 2.38. The van der Waals surface area contributed by atoms with Crippen molar-refractivity contribution < 1.29 is 23.1 Å². The summed E-state index contributed by atoms with van der Waals surface area (Å²) >= 11 is 1.77. The zero-order valence-electron chi connectivity index (χ0n) is 16.4. The first-order chi connectivity index (χ1) is 14.0. The first-order valence-corrected chi connectivity index (χ1v) is 9.32. The van der Waals surface area contributed by atoms with E-state index in [4.69, 9.17) is 9.90 Å². The number of hydrogen-bond acceptors (Lipinski definition) is 7. The average molecular weight is 440 g/mol. The van der Waals surface area contributed by atoms with Crippen molar-refractivity contribution in [3.05, 3.63) is 39.7 Å². The lowest BCUT2D eigenvalue weighted by atomic mass is 10.2. The van der Waals surface area contributed by atoms with E-state index in [1.165, 1.54) is 9.75 Å². The zero-order valence-corrected chi connectivity index (χ0v) is 17.2. The van der Waals surface area contributed by atoms with Crippen molar-refractivity contribution in [2.75, 3.05) is 19.4 Å². The van der Waals surface area contributed by atoms with Crippen LogP contribution in [0.1, 0.15) is 15.3 Å². The summed E-state index contributed by atoms with van der Waals surface area (Å²) in [5.74, 6) is -2.15. The van der Waals surface area contributed by atoms with Gasteiger partial charge >= 0.3 is 12.1 Å². The predicted octanol–water partition coefficient (Wildman–Crippen LogP) is 3.21. The van der Waals surface area contributed by atoms with Gasteiger partial charge in [0.05, 0.1) is 18.3 Å². The second kappa shape index (κ2) is 9.55. The molecule has 8 nitrogen and oxygen atoms in total. The smallest absolute Gasteiger partial charge is 0.475 e. The summed E-state index contributed by atoms with van der Waals surface area (Å²) in [7, 11) is 5.96. The average Bonchev–Trinajstić information content (AvgIpc) is 3.25. The van der Waals surface area contributed by atoms with Gasteiger partial charge in [0.1, 0.15) is 11.9 Å². The van der Waals surface area contributed by atoms with Crippen molar-refractivity contribution in [3.63, 3.8) is 0 Å². The van der Waals surface area contributed by atoms with Crippen LogP contribution >= 0.6 is 11.3 Å². The summed E-state index contributed by atoms with van der Waals surface area (Å²) in [6.45, 7) is 1.59. The highest BCUT2D eigenvalue weighted by Crippen LogP contribution is 2.22. The molecule has 0 spiro atoms. The highest BCUT2D eigenvalue weighted by molar-refractivity contribution is 7.12. The van der Waals surface area contributed by atoms with E-state index in [0.717, 1.165) is 17.6 Å². The van der Waals surface area contributed by atoms with E-state index in [9.17, 15) is 18.4 Å². The number of carboxylic acid groups (broad SMARTS) is 1. The summed E-state index contributed by atoms with van der Waals surface area (Å²) in [4.78, 5) is 18.1. The SMILES string of the molecule is CN(C)Cc1ccc(CNc2nc3c(cnn3C)cc2C#N)s1.O=C(O)C(F)(F)F. The minimum absolute atomic E-state index is 0.538. The lowest BCUT2D eigenvalue weighted by Gasteiger charge is -2.07. The van der Waals surface area contributed by atoms with Gasteiger partial charge in [-0.3, -0.25) is 4.68 Å². The molecule has 0 aliphatic rings. The number of aryl methyl sites for hydroxylation is 1. The van der Waals surface area contributed by atoms with Crippen molar-refractivity contribution >= 4 is 34.2 Å². The van der Waals surface area contributed by atoms with Crippen LogP contribution in [0.4, 0.5) is 19.0 Å². The summed E-state index contributed by atoms with van der Waals surface area (Å²) in [6.07, 6.45) is -3.36. The fourth-order valence-corrected chi connectivity index (χ4v) is 3.46. The van der Waals surface area contributed by atoms with E-state index < -0.39 is 12.1 Å². The Labute approximate surface area is 174 Å². The maximum Gasteiger partial charge on any atom is 0.490 e. The Morgan fingerprint density at radius 3 is 2.57 bits per heavy atom. The number of aromatic nitrogens is 3. The molecule has 160 valence electrons. The first kappa shape index (κ1) is 23.1.